The molecule has 1 saturated carbocycles. The highest BCUT2D eigenvalue weighted by molar-refractivity contribution is 5.44. The molecule has 2 rings (SSSR count). The van der Waals surface area contributed by atoms with Gasteiger partial charge in [0.1, 0.15) is 11.5 Å². The molecular weight excluding hydrogens is 202 g/mol. The third-order valence-corrected chi connectivity index (χ3v) is 3.17. The van der Waals surface area contributed by atoms with Gasteiger partial charge >= 0.3 is 0 Å². The summed E-state index contributed by atoms with van der Waals surface area (Å²) in [5.41, 5.74) is 6.96. The van der Waals surface area contributed by atoms with Crippen LogP contribution >= 0.6 is 0 Å². The number of rotatable bonds is 5. The Morgan fingerprint density at radius 1 is 1.44 bits per heavy atom. The van der Waals surface area contributed by atoms with E-state index in [9.17, 15) is 5.11 Å². The normalized spacial score (nSPS) is 17.1. The van der Waals surface area contributed by atoms with E-state index in [0.29, 0.717) is 12.4 Å². The summed E-state index contributed by atoms with van der Waals surface area (Å²) in [6.45, 7) is 2.56. The molecule has 0 spiro atoms. The fourth-order valence-electron chi connectivity index (χ4n) is 1.88. The molecule has 0 radical (unpaired) electrons. The van der Waals surface area contributed by atoms with Gasteiger partial charge in [-0.25, -0.2) is 0 Å². The average molecular weight is 221 g/mol. The lowest BCUT2D eigenvalue weighted by molar-refractivity contribution is 0.332. The molecule has 1 fully saturated rings. The zero-order chi connectivity index (χ0) is 11.6. The molecule has 0 aliphatic heterocycles. The first-order valence-corrected chi connectivity index (χ1v) is 5.87. The Kier molecular flexibility index (Phi) is 3.06. The van der Waals surface area contributed by atoms with E-state index in [1.54, 1.807) is 12.1 Å². The van der Waals surface area contributed by atoms with Crippen LogP contribution in [0.2, 0.25) is 0 Å². The van der Waals surface area contributed by atoms with E-state index < -0.39 is 0 Å². The lowest BCUT2D eigenvalue weighted by atomic mass is 10.0. The molecule has 16 heavy (non-hydrogen) atoms. The Labute approximate surface area is 96.2 Å². The van der Waals surface area contributed by atoms with Gasteiger partial charge in [-0.2, -0.15) is 0 Å². The standard InChI is InChI=1S/C13H19NO2/c1-2-16-12-5-3-4-11(15)10(12)6-7-13(14)8-9-13/h3-5,15H,2,6-9,14H2,1H3. The van der Waals surface area contributed by atoms with Gasteiger partial charge in [-0.3, -0.25) is 0 Å². The van der Waals surface area contributed by atoms with Gasteiger partial charge in [-0.15, -0.1) is 0 Å². The average Bonchev–Trinajstić information content (AvgIpc) is 2.97. The van der Waals surface area contributed by atoms with E-state index >= 15 is 0 Å². The second-order valence-corrected chi connectivity index (χ2v) is 4.55. The van der Waals surface area contributed by atoms with Crippen LogP contribution in [0.1, 0.15) is 31.7 Å². The highest BCUT2D eigenvalue weighted by atomic mass is 16.5. The number of hydrogen-bond acceptors (Lipinski definition) is 3. The van der Waals surface area contributed by atoms with Crippen LogP contribution in [0.15, 0.2) is 18.2 Å². The van der Waals surface area contributed by atoms with Crippen molar-refractivity contribution in [1.82, 2.24) is 0 Å². The van der Waals surface area contributed by atoms with Crippen molar-refractivity contribution in [3.63, 3.8) is 0 Å². The highest BCUT2D eigenvalue weighted by Crippen LogP contribution is 2.39. The SMILES string of the molecule is CCOc1cccc(O)c1CCC1(N)CC1. The van der Waals surface area contributed by atoms with Crippen molar-refractivity contribution in [3.05, 3.63) is 23.8 Å². The fourth-order valence-corrected chi connectivity index (χ4v) is 1.88. The summed E-state index contributed by atoms with van der Waals surface area (Å²) in [6.07, 6.45) is 3.91. The molecule has 0 heterocycles. The van der Waals surface area contributed by atoms with Gasteiger partial charge < -0.3 is 15.6 Å². The van der Waals surface area contributed by atoms with Gasteiger partial charge in [0, 0.05) is 11.1 Å². The Bertz CT molecular complexity index is 372. The molecule has 1 aliphatic carbocycles. The molecule has 3 heteroatoms. The van der Waals surface area contributed by atoms with E-state index in [1.807, 2.05) is 13.0 Å². The Morgan fingerprint density at radius 2 is 2.19 bits per heavy atom. The number of hydrogen-bond donors (Lipinski definition) is 2. The zero-order valence-electron chi connectivity index (χ0n) is 9.70. The fraction of sp³-hybridized carbons (Fsp3) is 0.538. The molecule has 0 unspecified atom stereocenters. The molecule has 0 saturated heterocycles. The molecular formula is C13H19NO2. The number of ether oxygens (including phenoxy) is 1. The van der Waals surface area contributed by atoms with Crippen molar-refractivity contribution in [1.29, 1.82) is 0 Å². The zero-order valence-corrected chi connectivity index (χ0v) is 9.70. The van der Waals surface area contributed by atoms with Crippen LogP contribution < -0.4 is 10.5 Å². The molecule has 0 bridgehead atoms. The minimum Gasteiger partial charge on any atom is -0.508 e. The van der Waals surface area contributed by atoms with Crippen LogP contribution in [-0.2, 0) is 6.42 Å². The minimum atomic E-state index is 0.0196. The molecule has 88 valence electrons. The van der Waals surface area contributed by atoms with Crippen LogP contribution in [0.4, 0.5) is 0 Å². The smallest absolute Gasteiger partial charge is 0.126 e. The summed E-state index contributed by atoms with van der Waals surface area (Å²) in [7, 11) is 0. The molecule has 1 aliphatic rings. The highest BCUT2D eigenvalue weighted by Gasteiger charge is 2.37. The van der Waals surface area contributed by atoms with E-state index in [1.165, 1.54) is 0 Å². The van der Waals surface area contributed by atoms with Gasteiger partial charge in [0.2, 0.25) is 0 Å². The van der Waals surface area contributed by atoms with Crippen LogP contribution in [0.5, 0.6) is 11.5 Å². The van der Waals surface area contributed by atoms with E-state index in [0.717, 1.165) is 37.0 Å². The van der Waals surface area contributed by atoms with E-state index in [2.05, 4.69) is 0 Å². The van der Waals surface area contributed by atoms with Crippen molar-refractivity contribution < 1.29 is 9.84 Å². The quantitative estimate of drug-likeness (QED) is 0.801. The predicted molar refractivity (Wildman–Crippen MR) is 63.7 cm³/mol. The topological polar surface area (TPSA) is 55.5 Å². The molecule has 3 N–H and O–H groups in total. The summed E-state index contributed by atoms with van der Waals surface area (Å²) in [5.74, 6) is 1.10. The second kappa shape index (κ2) is 4.34. The number of nitrogens with two attached hydrogens (primary N) is 1. The molecule has 0 amide bonds. The number of aromatic hydroxyl groups is 1. The van der Waals surface area contributed by atoms with Gasteiger partial charge in [-0.05, 0) is 44.7 Å². The largest absolute Gasteiger partial charge is 0.508 e. The van der Waals surface area contributed by atoms with Crippen LogP contribution in [0.25, 0.3) is 0 Å². The molecule has 3 nitrogen and oxygen atoms in total. The first-order chi connectivity index (χ1) is 7.64. The third-order valence-electron chi connectivity index (χ3n) is 3.17. The summed E-state index contributed by atoms with van der Waals surface area (Å²) in [5, 5.41) is 9.81. The number of phenols is 1. The first kappa shape index (κ1) is 11.3. The lowest BCUT2D eigenvalue weighted by Crippen LogP contribution is -2.22. The van der Waals surface area contributed by atoms with Crippen molar-refractivity contribution in [2.45, 2.75) is 38.1 Å². The maximum Gasteiger partial charge on any atom is 0.126 e. The van der Waals surface area contributed by atoms with Crippen molar-refractivity contribution in [3.8, 4) is 11.5 Å². The third kappa shape index (κ3) is 2.47. The summed E-state index contributed by atoms with van der Waals surface area (Å²) in [6, 6.07) is 5.40. The minimum absolute atomic E-state index is 0.0196. The molecule has 0 atom stereocenters. The molecule has 1 aromatic carbocycles. The van der Waals surface area contributed by atoms with E-state index in [4.69, 9.17) is 10.5 Å². The van der Waals surface area contributed by atoms with Crippen molar-refractivity contribution in [2.24, 2.45) is 5.73 Å². The van der Waals surface area contributed by atoms with Crippen molar-refractivity contribution in [2.75, 3.05) is 6.61 Å². The summed E-state index contributed by atoms with van der Waals surface area (Å²) in [4.78, 5) is 0. The number of phenolic OH excluding ortho intramolecular Hbond substituents is 1. The maximum atomic E-state index is 9.81. The lowest BCUT2D eigenvalue weighted by Gasteiger charge is -2.13. The number of benzene rings is 1. The van der Waals surface area contributed by atoms with Gasteiger partial charge in [0.05, 0.1) is 6.61 Å². The molecule has 1 aromatic rings. The summed E-state index contributed by atoms with van der Waals surface area (Å²) < 4.78 is 5.50. The Balaban J connectivity index is 2.10. The van der Waals surface area contributed by atoms with Crippen LogP contribution in [-0.4, -0.2) is 17.3 Å². The van der Waals surface area contributed by atoms with Gasteiger partial charge in [0.15, 0.2) is 0 Å². The predicted octanol–water partition coefficient (Wildman–Crippen LogP) is 2.21. The van der Waals surface area contributed by atoms with Gasteiger partial charge in [0.25, 0.3) is 0 Å². The van der Waals surface area contributed by atoms with Crippen LogP contribution in [0.3, 0.4) is 0 Å². The Morgan fingerprint density at radius 3 is 2.81 bits per heavy atom. The molecule has 0 aromatic heterocycles. The second-order valence-electron chi connectivity index (χ2n) is 4.55. The Hall–Kier alpha value is -1.22. The first-order valence-electron chi connectivity index (χ1n) is 5.87. The van der Waals surface area contributed by atoms with Crippen molar-refractivity contribution >= 4 is 0 Å². The van der Waals surface area contributed by atoms with E-state index in [-0.39, 0.29) is 5.54 Å². The van der Waals surface area contributed by atoms with Crippen LogP contribution in [0, 0.1) is 0 Å². The monoisotopic (exact) mass is 221 g/mol. The summed E-state index contributed by atoms with van der Waals surface area (Å²) >= 11 is 0. The maximum absolute atomic E-state index is 9.81. The van der Waals surface area contributed by atoms with Gasteiger partial charge in [-0.1, -0.05) is 6.07 Å².